The van der Waals surface area contributed by atoms with E-state index in [2.05, 4.69) is 5.32 Å². The molecule has 0 saturated heterocycles. The molecule has 0 aromatic heterocycles. The summed E-state index contributed by atoms with van der Waals surface area (Å²) in [5.74, 6) is 0.836. The molecule has 59 valence electrons. The molecule has 0 aliphatic heterocycles. The van der Waals surface area contributed by atoms with Gasteiger partial charge in [-0.2, -0.15) is 0 Å². The lowest BCUT2D eigenvalue weighted by atomic mass is 10.1. The Bertz CT molecular complexity index is 122. The number of hydrogen-bond acceptors (Lipinski definition) is 1. The van der Waals surface area contributed by atoms with Gasteiger partial charge in [0.15, 0.2) is 0 Å². The molecular formula is C8H16NO. The molecule has 0 bridgehead atoms. The van der Waals surface area contributed by atoms with Gasteiger partial charge >= 0.3 is 0 Å². The molecule has 0 atom stereocenters. The van der Waals surface area contributed by atoms with Crippen LogP contribution in [0.1, 0.15) is 34.6 Å². The molecular weight excluding hydrogens is 126 g/mol. The van der Waals surface area contributed by atoms with Gasteiger partial charge in [0.1, 0.15) is 0 Å². The Morgan fingerprint density at radius 2 is 1.60 bits per heavy atom. The average molecular weight is 142 g/mol. The number of amides is 1. The summed E-state index contributed by atoms with van der Waals surface area (Å²) in [6.45, 7) is 9.51. The van der Waals surface area contributed by atoms with E-state index in [9.17, 15) is 4.79 Å². The normalized spacial score (nSPS) is 11.8. The maximum atomic E-state index is 11.0. The third kappa shape index (κ3) is 4.36. The summed E-state index contributed by atoms with van der Waals surface area (Å²) in [4.78, 5) is 11.0. The van der Waals surface area contributed by atoms with Crippen LogP contribution in [0.5, 0.6) is 0 Å². The molecule has 0 aromatic carbocycles. The summed E-state index contributed by atoms with van der Waals surface area (Å²) in [5.41, 5.74) is -0.117. The summed E-state index contributed by atoms with van der Waals surface area (Å²) in [6.07, 6.45) is 0. The first-order valence-electron chi connectivity index (χ1n) is 3.45. The van der Waals surface area contributed by atoms with Crippen molar-refractivity contribution in [2.75, 3.05) is 0 Å². The van der Waals surface area contributed by atoms with E-state index in [1.165, 1.54) is 0 Å². The molecule has 2 heteroatoms. The standard InChI is InChI=1S/C8H16NO/c1-6(2)7(10)9-8(3,4)5/h1-5H3,(H,9,10). The van der Waals surface area contributed by atoms with E-state index in [4.69, 9.17) is 0 Å². The second kappa shape index (κ2) is 3.04. The molecule has 0 aliphatic rings. The van der Waals surface area contributed by atoms with E-state index in [0.29, 0.717) is 0 Å². The Kier molecular flexibility index (Phi) is 2.88. The van der Waals surface area contributed by atoms with Crippen LogP contribution in [0.15, 0.2) is 0 Å². The highest BCUT2D eigenvalue weighted by atomic mass is 16.1. The van der Waals surface area contributed by atoms with Crippen molar-refractivity contribution < 1.29 is 4.79 Å². The fourth-order valence-corrected chi connectivity index (χ4v) is 0.466. The van der Waals surface area contributed by atoms with E-state index in [0.717, 1.165) is 5.92 Å². The average Bonchev–Trinajstić information content (AvgIpc) is 1.60. The molecule has 0 rings (SSSR count). The smallest absolute Gasteiger partial charge is 0.227 e. The van der Waals surface area contributed by atoms with Gasteiger partial charge < -0.3 is 5.32 Å². The minimum atomic E-state index is -0.117. The predicted molar refractivity (Wildman–Crippen MR) is 42.5 cm³/mol. The van der Waals surface area contributed by atoms with E-state index in [1.54, 1.807) is 13.8 Å². The van der Waals surface area contributed by atoms with Crippen molar-refractivity contribution in [2.45, 2.75) is 40.2 Å². The Hall–Kier alpha value is -0.530. The van der Waals surface area contributed by atoms with Gasteiger partial charge in [-0.1, -0.05) is 13.8 Å². The summed E-state index contributed by atoms with van der Waals surface area (Å²) < 4.78 is 0. The molecule has 0 spiro atoms. The van der Waals surface area contributed by atoms with Gasteiger partial charge in [-0.05, 0) is 20.8 Å². The first kappa shape index (κ1) is 9.47. The van der Waals surface area contributed by atoms with Gasteiger partial charge in [0, 0.05) is 5.54 Å². The van der Waals surface area contributed by atoms with Crippen molar-refractivity contribution in [1.82, 2.24) is 5.32 Å². The third-order valence-corrected chi connectivity index (χ3v) is 0.943. The van der Waals surface area contributed by atoms with Crippen LogP contribution in [0.4, 0.5) is 0 Å². The van der Waals surface area contributed by atoms with Crippen molar-refractivity contribution in [3.05, 3.63) is 5.92 Å². The Morgan fingerprint density at radius 1 is 1.20 bits per heavy atom. The molecule has 0 saturated carbocycles. The van der Waals surface area contributed by atoms with Gasteiger partial charge in [0.25, 0.3) is 0 Å². The molecule has 0 unspecified atom stereocenters. The second-order valence-electron chi connectivity index (χ2n) is 3.70. The largest absolute Gasteiger partial charge is 0.351 e. The Morgan fingerprint density at radius 3 is 1.70 bits per heavy atom. The monoisotopic (exact) mass is 142 g/mol. The number of carbonyl (C=O) groups is 1. The van der Waals surface area contributed by atoms with Crippen molar-refractivity contribution in [1.29, 1.82) is 0 Å². The molecule has 10 heavy (non-hydrogen) atoms. The highest BCUT2D eigenvalue weighted by Crippen LogP contribution is 2.02. The Labute approximate surface area is 63.0 Å². The number of nitrogens with one attached hydrogen (secondary N) is 1. The van der Waals surface area contributed by atoms with Gasteiger partial charge in [-0.15, -0.1) is 0 Å². The van der Waals surface area contributed by atoms with Crippen LogP contribution in [-0.4, -0.2) is 11.4 Å². The van der Waals surface area contributed by atoms with Crippen LogP contribution in [0, 0.1) is 5.92 Å². The second-order valence-corrected chi connectivity index (χ2v) is 3.70. The highest BCUT2D eigenvalue weighted by Gasteiger charge is 2.15. The van der Waals surface area contributed by atoms with Gasteiger partial charge in [0.05, 0.1) is 5.92 Å². The van der Waals surface area contributed by atoms with E-state index in [-0.39, 0.29) is 11.4 Å². The molecule has 0 aromatic rings. The maximum Gasteiger partial charge on any atom is 0.227 e. The third-order valence-electron chi connectivity index (χ3n) is 0.943. The molecule has 0 fully saturated rings. The van der Waals surface area contributed by atoms with Crippen LogP contribution in [0.3, 0.4) is 0 Å². The topological polar surface area (TPSA) is 29.1 Å². The van der Waals surface area contributed by atoms with Crippen LogP contribution in [0.2, 0.25) is 0 Å². The minimum absolute atomic E-state index is 0.0347. The van der Waals surface area contributed by atoms with Crippen molar-refractivity contribution in [2.24, 2.45) is 0 Å². The highest BCUT2D eigenvalue weighted by molar-refractivity contribution is 5.89. The lowest BCUT2D eigenvalue weighted by Crippen LogP contribution is -2.42. The molecule has 1 amide bonds. The molecule has 2 nitrogen and oxygen atoms in total. The first-order chi connectivity index (χ1) is 4.33. The van der Waals surface area contributed by atoms with E-state index in [1.807, 2.05) is 20.8 Å². The van der Waals surface area contributed by atoms with Crippen LogP contribution < -0.4 is 5.32 Å². The summed E-state index contributed by atoms with van der Waals surface area (Å²) in [5, 5.41) is 2.84. The molecule has 0 heterocycles. The number of carbonyl (C=O) groups excluding carboxylic acids is 1. The lowest BCUT2D eigenvalue weighted by Gasteiger charge is -2.21. The quantitative estimate of drug-likeness (QED) is 0.591. The van der Waals surface area contributed by atoms with Gasteiger partial charge in [0.2, 0.25) is 5.91 Å². The van der Waals surface area contributed by atoms with E-state index >= 15 is 0 Å². The minimum Gasteiger partial charge on any atom is -0.351 e. The summed E-state index contributed by atoms with van der Waals surface area (Å²) in [6, 6.07) is 0. The molecule has 1 radical (unpaired) electrons. The maximum absolute atomic E-state index is 11.0. The fourth-order valence-electron chi connectivity index (χ4n) is 0.466. The zero-order valence-electron chi connectivity index (χ0n) is 7.41. The fraction of sp³-hybridized carbons (Fsp3) is 0.750. The van der Waals surface area contributed by atoms with Crippen LogP contribution >= 0.6 is 0 Å². The zero-order valence-corrected chi connectivity index (χ0v) is 7.41. The van der Waals surface area contributed by atoms with E-state index < -0.39 is 0 Å². The summed E-state index contributed by atoms with van der Waals surface area (Å²) in [7, 11) is 0. The van der Waals surface area contributed by atoms with Crippen molar-refractivity contribution in [3.8, 4) is 0 Å². The van der Waals surface area contributed by atoms with Crippen molar-refractivity contribution >= 4 is 5.91 Å². The Balaban J connectivity index is 3.81. The predicted octanol–water partition coefficient (Wildman–Crippen LogP) is 1.52. The van der Waals surface area contributed by atoms with Crippen LogP contribution in [-0.2, 0) is 4.79 Å². The number of hydrogen-bond donors (Lipinski definition) is 1. The van der Waals surface area contributed by atoms with Crippen molar-refractivity contribution in [3.63, 3.8) is 0 Å². The zero-order chi connectivity index (χ0) is 8.36. The number of rotatable bonds is 1. The van der Waals surface area contributed by atoms with Gasteiger partial charge in [-0.3, -0.25) is 4.79 Å². The first-order valence-corrected chi connectivity index (χ1v) is 3.45. The van der Waals surface area contributed by atoms with Gasteiger partial charge in [-0.25, -0.2) is 0 Å². The lowest BCUT2D eigenvalue weighted by molar-refractivity contribution is -0.120. The molecule has 0 aliphatic carbocycles. The SMILES string of the molecule is C[C](C)C(=O)NC(C)(C)C. The molecule has 1 N–H and O–H groups in total. The van der Waals surface area contributed by atoms with Crippen LogP contribution in [0.25, 0.3) is 0 Å². The summed E-state index contributed by atoms with van der Waals surface area (Å²) >= 11 is 0.